The summed E-state index contributed by atoms with van der Waals surface area (Å²) in [6.45, 7) is 2.19. The van der Waals surface area contributed by atoms with Gasteiger partial charge in [-0.1, -0.05) is 76.8 Å². The minimum Gasteiger partial charge on any atom is -0.224 e. The molecule has 0 aliphatic rings. The Morgan fingerprint density at radius 3 is 1.88 bits per heavy atom. The summed E-state index contributed by atoms with van der Waals surface area (Å²) in [7, 11) is -3.11. The maximum atomic E-state index is 12.4. The van der Waals surface area contributed by atoms with Crippen LogP contribution in [0.15, 0.2) is 29.2 Å². The van der Waals surface area contributed by atoms with Gasteiger partial charge in [0.15, 0.2) is 9.84 Å². The third-order valence-corrected chi connectivity index (χ3v) is 7.06. The van der Waals surface area contributed by atoms with E-state index in [1.807, 2.05) is 12.1 Å². The fourth-order valence-corrected chi connectivity index (χ4v) is 4.80. The standard InChI is InChI=1S/C22H38O2S2/c1-2-3-4-5-10-13-20-26(23,24)22-17-15-21(16-18-22)14-11-8-6-7-9-12-19-25/h15-18,25H,2-14,19-20H2,1H3. The lowest BCUT2D eigenvalue weighted by atomic mass is 10.1. The first-order valence-corrected chi connectivity index (χ1v) is 12.8. The summed E-state index contributed by atoms with van der Waals surface area (Å²) in [5, 5.41) is 0. The molecule has 2 nitrogen and oxygen atoms in total. The molecule has 0 heterocycles. The molecule has 0 atom stereocenters. The number of aryl methyl sites for hydroxylation is 1. The number of hydrogen-bond acceptors (Lipinski definition) is 3. The zero-order valence-corrected chi connectivity index (χ0v) is 18.3. The molecule has 0 saturated heterocycles. The van der Waals surface area contributed by atoms with Gasteiger partial charge in [0, 0.05) is 0 Å². The second-order valence-corrected chi connectivity index (χ2v) is 9.88. The normalized spacial score (nSPS) is 11.8. The van der Waals surface area contributed by atoms with Crippen molar-refractivity contribution in [2.75, 3.05) is 11.5 Å². The van der Waals surface area contributed by atoms with Gasteiger partial charge in [-0.15, -0.1) is 0 Å². The van der Waals surface area contributed by atoms with Gasteiger partial charge in [0.05, 0.1) is 10.6 Å². The fourth-order valence-electron chi connectivity index (χ4n) is 3.20. The Morgan fingerprint density at radius 1 is 0.731 bits per heavy atom. The molecule has 4 heteroatoms. The maximum absolute atomic E-state index is 12.4. The Labute approximate surface area is 167 Å². The van der Waals surface area contributed by atoms with Gasteiger partial charge >= 0.3 is 0 Å². The van der Waals surface area contributed by atoms with Crippen molar-refractivity contribution in [3.05, 3.63) is 29.8 Å². The van der Waals surface area contributed by atoms with Crippen LogP contribution in [0.25, 0.3) is 0 Å². The Balaban J connectivity index is 2.27. The van der Waals surface area contributed by atoms with E-state index in [9.17, 15) is 8.42 Å². The Morgan fingerprint density at radius 2 is 1.27 bits per heavy atom. The second kappa shape index (κ2) is 14.6. The van der Waals surface area contributed by atoms with E-state index in [1.165, 1.54) is 63.4 Å². The topological polar surface area (TPSA) is 34.1 Å². The van der Waals surface area contributed by atoms with Gasteiger partial charge in [0.25, 0.3) is 0 Å². The Kier molecular flexibility index (Phi) is 13.2. The van der Waals surface area contributed by atoms with Crippen LogP contribution in [0.3, 0.4) is 0 Å². The number of benzene rings is 1. The van der Waals surface area contributed by atoms with Gasteiger partial charge < -0.3 is 0 Å². The lowest BCUT2D eigenvalue weighted by Crippen LogP contribution is -2.07. The smallest absolute Gasteiger partial charge is 0.178 e. The van der Waals surface area contributed by atoms with Gasteiger partial charge in [0.1, 0.15) is 0 Å². The number of unbranched alkanes of at least 4 members (excludes halogenated alkanes) is 10. The average molecular weight is 399 g/mol. The predicted molar refractivity (Wildman–Crippen MR) is 117 cm³/mol. The van der Waals surface area contributed by atoms with Crippen LogP contribution in [-0.2, 0) is 16.3 Å². The highest BCUT2D eigenvalue weighted by Gasteiger charge is 2.13. The van der Waals surface area contributed by atoms with Crippen molar-refractivity contribution >= 4 is 22.5 Å². The fraction of sp³-hybridized carbons (Fsp3) is 0.727. The van der Waals surface area contributed by atoms with E-state index in [0.717, 1.165) is 31.4 Å². The van der Waals surface area contributed by atoms with Crippen LogP contribution in [0.2, 0.25) is 0 Å². The Bertz CT molecular complexity index is 550. The molecule has 0 aromatic heterocycles. The molecule has 150 valence electrons. The van der Waals surface area contributed by atoms with Crippen LogP contribution in [0, 0.1) is 0 Å². The van der Waals surface area contributed by atoms with E-state index in [4.69, 9.17) is 0 Å². The molecule has 0 fully saturated rings. The maximum Gasteiger partial charge on any atom is 0.178 e. The molecule has 0 unspecified atom stereocenters. The van der Waals surface area contributed by atoms with Crippen LogP contribution in [0.5, 0.6) is 0 Å². The monoisotopic (exact) mass is 398 g/mol. The van der Waals surface area contributed by atoms with E-state index >= 15 is 0 Å². The van der Waals surface area contributed by atoms with Crippen molar-refractivity contribution < 1.29 is 8.42 Å². The molecule has 0 aliphatic heterocycles. The van der Waals surface area contributed by atoms with E-state index < -0.39 is 9.84 Å². The number of hydrogen-bond donors (Lipinski definition) is 1. The quantitative estimate of drug-likeness (QED) is 0.250. The van der Waals surface area contributed by atoms with Crippen LogP contribution < -0.4 is 0 Å². The minimum absolute atomic E-state index is 0.282. The summed E-state index contributed by atoms with van der Waals surface area (Å²) in [5.74, 6) is 1.28. The molecular weight excluding hydrogens is 360 g/mol. The number of sulfone groups is 1. The number of rotatable bonds is 16. The lowest BCUT2D eigenvalue weighted by molar-refractivity contribution is 0.583. The van der Waals surface area contributed by atoms with E-state index in [2.05, 4.69) is 19.6 Å². The van der Waals surface area contributed by atoms with Crippen molar-refractivity contribution in [1.29, 1.82) is 0 Å². The highest BCUT2D eigenvalue weighted by molar-refractivity contribution is 7.91. The summed E-state index contributed by atoms with van der Waals surface area (Å²) in [4.78, 5) is 0.488. The van der Waals surface area contributed by atoms with Crippen molar-refractivity contribution in [2.45, 2.75) is 95.3 Å². The summed E-state index contributed by atoms with van der Waals surface area (Å²) in [6, 6.07) is 7.59. The first kappa shape index (κ1) is 23.6. The second-order valence-electron chi connectivity index (χ2n) is 7.33. The molecule has 0 radical (unpaired) electrons. The molecule has 1 aromatic carbocycles. The molecule has 0 bridgehead atoms. The third-order valence-electron chi connectivity index (χ3n) is 4.92. The van der Waals surface area contributed by atoms with E-state index in [-0.39, 0.29) is 5.75 Å². The summed E-state index contributed by atoms with van der Waals surface area (Å²) in [5.41, 5.74) is 1.25. The number of thiol groups is 1. The largest absolute Gasteiger partial charge is 0.224 e. The first-order valence-electron chi connectivity index (χ1n) is 10.5. The van der Waals surface area contributed by atoms with Gasteiger partial charge in [-0.05, 0) is 49.1 Å². The molecule has 0 spiro atoms. The van der Waals surface area contributed by atoms with Crippen molar-refractivity contribution in [3.63, 3.8) is 0 Å². The van der Waals surface area contributed by atoms with Crippen LogP contribution >= 0.6 is 12.6 Å². The highest BCUT2D eigenvalue weighted by Crippen LogP contribution is 2.17. The van der Waals surface area contributed by atoms with Crippen molar-refractivity contribution in [3.8, 4) is 0 Å². The van der Waals surface area contributed by atoms with Gasteiger partial charge in [-0.2, -0.15) is 12.6 Å². The first-order chi connectivity index (χ1) is 12.6. The van der Waals surface area contributed by atoms with E-state index in [1.54, 1.807) is 12.1 Å². The third kappa shape index (κ3) is 10.6. The van der Waals surface area contributed by atoms with Crippen molar-refractivity contribution in [2.24, 2.45) is 0 Å². The zero-order valence-electron chi connectivity index (χ0n) is 16.6. The van der Waals surface area contributed by atoms with E-state index in [0.29, 0.717) is 4.90 Å². The van der Waals surface area contributed by atoms with Crippen LogP contribution in [-0.4, -0.2) is 19.9 Å². The molecule has 1 aromatic rings. The molecule has 0 aliphatic carbocycles. The van der Waals surface area contributed by atoms with Crippen LogP contribution in [0.1, 0.15) is 89.5 Å². The van der Waals surface area contributed by atoms with Gasteiger partial charge in [-0.3, -0.25) is 0 Å². The zero-order chi connectivity index (χ0) is 19.1. The SMILES string of the molecule is CCCCCCCCS(=O)(=O)c1ccc(CCCCCCCCS)cc1. The minimum atomic E-state index is -3.11. The summed E-state index contributed by atoms with van der Waals surface area (Å²) >= 11 is 4.23. The summed E-state index contributed by atoms with van der Waals surface area (Å²) in [6.07, 6.45) is 15.2. The molecule has 26 heavy (non-hydrogen) atoms. The van der Waals surface area contributed by atoms with Crippen molar-refractivity contribution in [1.82, 2.24) is 0 Å². The molecule has 0 saturated carbocycles. The average Bonchev–Trinajstić information content (AvgIpc) is 2.64. The van der Waals surface area contributed by atoms with Gasteiger partial charge in [-0.25, -0.2) is 8.42 Å². The Hall–Kier alpha value is -0.480. The molecular formula is C22H38O2S2. The summed E-state index contributed by atoms with van der Waals surface area (Å²) < 4.78 is 24.8. The molecule has 1 rings (SSSR count). The molecule has 0 amide bonds. The predicted octanol–water partition coefficient (Wildman–Crippen LogP) is 6.63. The van der Waals surface area contributed by atoms with Gasteiger partial charge in [0.2, 0.25) is 0 Å². The molecule has 0 N–H and O–H groups in total. The highest BCUT2D eigenvalue weighted by atomic mass is 32.2. The van der Waals surface area contributed by atoms with Crippen LogP contribution in [0.4, 0.5) is 0 Å². The lowest BCUT2D eigenvalue weighted by Gasteiger charge is -2.07.